The van der Waals surface area contributed by atoms with Gasteiger partial charge in [0.15, 0.2) is 0 Å². The zero-order valence-electron chi connectivity index (χ0n) is 19.1. The molecule has 0 heterocycles. The molecule has 14 nitrogen and oxygen atoms in total. The highest BCUT2D eigenvalue weighted by Gasteiger charge is 2.21. The van der Waals surface area contributed by atoms with Crippen LogP contribution < -0.4 is 0 Å². The lowest BCUT2D eigenvalue weighted by Gasteiger charge is -2.12. The fourth-order valence-corrected chi connectivity index (χ4v) is 2.27. The molecule has 0 aliphatic heterocycles. The van der Waals surface area contributed by atoms with E-state index in [2.05, 4.69) is 47.5 Å². The van der Waals surface area contributed by atoms with Crippen LogP contribution in [0.1, 0.15) is 20.8 Å². The minimum atomic E-state index is -4.46. The molecule has 16 heteroatoms. The minimum absolute atomic E-state index is 0.206. The van der Waals surface area contributed by atoms with Crippen molar-refractivity contribution in [2.24, 2.45) is 0 Å². The Morgan fingerprint density at radius 2 is 0.853 bits per heavy atom. The number of ether oxygens (including phenoxy) is 3. The summed E-state index contributed by atoms with van der Waals surface area (Å²) in [5.74, 6) is -1.87. The van der Waals surface area contributed by atoms with Crippen LogP contribution in [0.4, 0.5) is 0 Å². The molecular formula is C18H30O14P2. The van der Waals surface area contributed by atoms with Gasteiger partial charge < -0.3 is 28.9 Å². The summed E-state index contributed by atoms with van der Waals surface area (Å²) in [4.78, 5) is 58.4. The molecule has 0 bridgehead atoms. The highest BCUT2D eigenvalue weighted by atomic mass is 31.2. The Balaban J connectivity index is 0. The summed E-state index contributed by atoms with van der Waals surface area (Å²) in [6.07, 6.45) is 0. The molecule has 0 aromatic carbocycles. The molecule has 0 saturated carbocycles. The third kappa shape index (κ3) is 21.7. The predicted molar refractivity (Wildman–Crippen MR) is 117 cm³/mol. The summed E-state index contributed by atoms with van der Waals surface area (Å²) in [6, 6.07) is 0. The molecule has 0 amide bonds. The van der Waals surface area contributed by atoms with Gasteiger partial charge in [-0.25, -0.2) is 23.5 Å². The van der Waals surface area contributed by atoms with E-state index < -0.39 is 33.6 Å². The van der Waals surface area contributed by atoms with E-state index in [0.717, 1.165) is 0 Å². The zero-order chi connectivity index (χ0) is 26.9. The Morgan fingerprint density at radius 1 is 0.588 bits per heavy atom. The molecule has 0 saturated heterocycles. The van der Waals surface area contributed by atoms with Crippen LogP contribution in [-0.2, 0) is 51.3 Å². The molecule has 0 radical (unpaired) electrons. The Hall–Kier alpha value is -2.15. The second kappa shape index (κ2) is 17.3. The zero-order valence-corrected chi connectivity index (χ0v) is 20.9. The van der Waals surface area contributed by atoms with Gasteiger partial charge >= 0.3 is 33.6 Å². The molecule has 0 atom stereocenters. The number of phosphoric ester groups is 2. The maximum Gasteiger partial charge on any atom is 0.472 e. The van der Waals surface area contributed by atoms with Gasteiger partial charge in [0, 0.05) is 16.7 Å². The number of carbonyl (C=O) groups excluding carboxylic acids is 3. The Kier molecular flexibility index (Phi) is 17.3. The fourth-order valence-electron chi connectivity index (χ4n) is 1.27. The standard InChI is InChI=1S/C12H19O8P.C6H11O6P/c1-9(2)11(13)17-5-7-19-21(15,16)20-8-6-18-12(14)10(3)4;1-5(2)6(7)11-3-4-12-13(8,9)10/h1,3,5-8H2,2,4H3,(H,15,16);1,3-4H2,2H3,(H2,8,9,10). The van der Waals surface area contributed by atoms with Gasteiger partial charge in [0.2, 0.25) is 0 Å². The van der Waals surface area contributed by atoms with Gasteiger partial charge in [-0.15, -0.1) is 0 Å². The maximum absolute atomic E-state index is 11.4. The first-order valence-electron chi connectivity index (χ1n) is 9.28. The van der Waals surface area contributed by atoms with E-state index >= 15 is 0 Å². The molecule has 0 unspecified atom stereocenters. The van der Waals surface area contributed by atoms with Crippen LogP contribution in [0.5, 0.6) is 0 Å². The monoisotopic (exact) mass is 532 g/mol. The van der Waals surface area contributed by atoms with E-state index in [1.54, 1.807) is 0 Å². The van der Waals surface area contributed by atoms with Crippen LogP contribution in [0.2, 0.25) is 0 Å². The molecule has 0 aromatic rings. The molecule has 0 spiro atoms. The molecule has 34 heavy (non-hydrogen) atoms. The van der Waals surface area contributed by atoms with Gasteiger partial charge in [0.25, 0.3) is 0 Å². The third-order valence-electron chi connectivity index (χ3n) is 2.76. The lowest BCUT2D eigenvalue weighted by Crippen LogP contribution is -2.12. The average Bonchev–Trinajstić information content (AvgIpc) is 2.70. The first-order valence-corrected chi connectivity index (χ1v) is 12.3. The number of esters is 3. The van der Waals surface area contributed by atoms with Gasteiger partial charge in [-0.3, -0.25) is 13.6 Å². The van der Waals surface area contributed by atoms with Crippen LogP contribution in [0, 0.1) is 0 Å². The molecule has 0 aliphatic rings. The van der Waals surface area contributed by atoms with E-state index in [0.29, 0.717) is 0 Å². The largest absolute Gasteiger partial charge is 0.472 e. The van der Waals surface area contributed by atoms with Gasteiger partial charge in [0.05, 0.1) is 19.8 Å². The van der Waals surface area contributed by atoms with Gasteiger partial charge in [-0.2, -0.15) is 0 Å². The van der Waals surface area contributed by atoms with Gasteiger partial charge in [0.1, 0.15) is 19.8 Å². The van der Waals surface area contributed by atoms with Crippen molar-refractivity contribution in [3.05, 3.63) is 36.5 Å². The van der Waals surface area contributed by atoms with E-state index in [9.17, 15) is 28.4 Å². The summed E-state index contributed by atoms with van der Waals surface area (Å²) in [5, 5.41) is 0. The molecule has 3 N–H and O–H groups in total. The number of phosphoric acid groups is 2. The summed E-state index contributed by atoms with van der Waals surface area (Å²) in [7, 11) is -8.75. The van der Waals surface area contributed by atoms with Crippen molar-refractivity contribution in [1.82, 2.24) is 0 Å². The topological polar surface area (TPSA) is 201 Å². The van der Waals surface area contributed by atoms with E-state index in [1.807, 2.05) is 0 Å². The lowest BCUT2D eigenvalue weighted by atomic mass is 10.4. The molecule has 196 valence electrons. The quantitative estimate of drug-likeness (QED) is 0.0901. The lowest BCUT2D eigenvalue weighted by molar-refractivity contribution is -0.140. The van der Waals surface area contributed by atoms with E-state index in [-0.39, 0.29) is 56.4 Å². The normalized spacial score (nSPS) is 10.9. The van der Waals surface area contributed by atoms with Crippen LogP contribution >= 0.6 is 15.6 Å². The van der Waals surface area contributed by atoms with E-state index in [4.69, 9.17) is 9.79 Å². The fraction of sp³-hybridized carbons (Fsp3) is 0.500. The second-order valence-corrected chi connectivity index (χ2v) is 8.90. The Labute approximate surface area is 197 Å². The van der Waals surface area contributed by atoms with Crippen LogP contribution in [0.15, 0.2) is 36.5 Å². The second-order valence-electron chi connectivity index (χ2n) is 6.21. The van der Waals surface area contributed by atoms with Crippen molar-refractivity contribution in [3.8, 4) is 0 Å². The predicted octanol–water partition coefficient (Wildman–Crippen LogP) is 1.57. The number of hydrogen-bond acceptors (Lipinski definition) is 11. The van der Waals surface area contributed by atoms with Crippen molar-refractivity contribution >= 4 is 33.6 Å². The van der Waals surface area contributed by atoms with Crippen LogP contribution in [-0.4, -0.2) is 72.2 Å². The molecule has 0 fully saturated rings. The SMILES string of the molecule is C=C(C)C(=O)OCCOP(=O)(O)O.C=C(C)C(=O)OCCOP(=O)(O)OCCOC(=O)C(=C)C. The van der Waals surface area contributed by atoms with Gasteiger partial charge in [-0.05, 0) is 20.8 Å². The summed E-state index contributed by atoms with van der Waals surface area (Å²) >= 11 is 0. The van der Waals surface area contributed by atoms with Crippen molar-refractivity contribution in [2.45, 2.75) is 20.8 Å². The number of carbonyl (C=O) groups is 3. The Morgan fingerprint density at radius 3 is 1.09 bits per heavy atom. The van der Waals surface area contributed by atoms with Crippen LogP contribution in [0.25, 0.3) is 0 Å². The molecular weight excluding hydrogens is 502 g/mol. The van der Waals surface area contributed by atoms with Crippen molar-refractivity contribution < 1.29 is 66.0 Å². The molecule has 0 aromatic heterocycles. The van der Waals surface area contributed by atoms with Crippen molar-refractivity contribution in [1.29, 1.82) is 0 Å². The smallest absolute Gasteiger partial charge is 0.460 e. The first kappa shape index (κ1) is 34.0. The highest BCUT2D eigenvalue weighted by molar-refractivity contribution is 7.47. The third-order valence-corrected chi connectivity index (χ3v) is 4.30. The van der Waals surface area contributed by atoms with Crippen LogP contribution in [0.3, 0.4) is 0 Å². The highest BCUT2D eigenvalue weighted by Crippen LogP contribution is 2.42. The average molecular weight is 532 g/mol. The number of rotatable bonds is 15. The number of hydrogen-bond donors (Lipinski definition) is 3. The van der Waals surface area contributed by atoms with Crippen molar-refractivity contribution in [2.75, 3.05) is 39.6 Å². The molecule has 0 rings (SSSR count). The minimum Gasteiger partial charge on any atom is -0.460 e. The maximum atomic E-state index is 11.4. The molecule has 0 aliphatic carbocycles. The first-order chi connectivity index (χ1) is 15.5. The van der Waals surface area contributed by atoms with E-state index in [1.165, 1.54) is 20.8 Å². The van der Waals surface area contributed by atoms with Gasteiger partial charge in [-0.1, -0.05) is 19.7 Å². The summed E-state index contributed by atoms with van der Waals surface area (Å²) < 4.78 is 48.4. The summed E-state index contributed by atoms with van der Waals surface area (Å²) in [6.45, 7) is 12.8. The Bertz CT molecular complexity index is 791. The summed E-state index contributed by atoms with van der Waals surface area (Å²) in [5.41, 5.74) is 0.631. The van der Waals surface area contributed by atoms with Crippen molar-refractivity contribution in [3.63, 3.8) is 0 Å².